The van der Waals surface area contributed by atoms with Gasteiger partial charge in [-0.25, -0.2) is 0 Å². The first-order valence-corrected chi connectivity index (χ1v) is 5.50. The van der Waals surface area contributed by atoms with Gasteiger partial charge in [-0.05, 0) is 25.8 Å². The minimum Gasteiger partial charge on any atom is -0.356 e. The molecule has 1 unspecified atom stereocenters. The standard InChI is InChI=1S/C11H24N2O.ClH/c1-9(2)6-5-7-13-11(14)10(3)8-12-4;/h9-10,12H,5-8H2,1-4H3,(H,13,14);1H. The van der Waals surface area contributed by atoms with Crippen LogP contribution in [0.25, 0.3) is 0 Å². The van der Waals surface area contributed by atoms with Crippen molar-refractivity contribution in [3.63, 3.8) is 0 Å². The van der Waals surface area contributed by atoms with Crippen LogP contribution >= 0.6 is 12.4 Å². The minimum absolute atomic E-state index is 0. The highest BCUT2D eigenvalue weighted by molar-refractivity contribution is 5.85. The molecule has 15 heavy (non-hydrogen) atoms. The van der Waals surface area contributed by atoms with Crippen molar-refractivity contribution in [1.82, 2.24) is 10.6 Å². The van der Waals surface area contributed by atoms with E-state index in [1.54, 1.807) is 0 Å². The third-order valence-electron chi connectivity index (χ3n) is 2.22. The van der Waals surface area contributed by atoms with E-state index in [2.05, 4.69) is 24.5 Å². The van der Waals surface area contributed by atoms with E-state index in [4.69, 9.17) is 0 Å². The molecule has 0 aliphatic carbocycles. The number of carbonyl (C=O) groups is 1. The Labute approximate surface area is 99.8 Å². The van der Waals surface area contributed by atoms with Crippen molar-refractivity contribution in [3.05, 3.63) is 0 Å². The number of halogens is 1. The van der Waals surface area contributed by atoms with Crippen LogP contribution in [0.2, 0.25) is 0 Å². The van der Waals surface area contributed by atoms with Crippen LogP contribution in [0.1, 0.15) is 33.6 Å². The topological polar surface area (TPSA) is 41.1 Å². The second-order valence-corrected chi connectivity index (χ2v) is 4.29. The number of carbonyl (C=O) groups excluding carboxylic acids is 1. The summed E-state index contributed by atoms with van der Waals surface area (Å²) >= 11 is 0. The zero-order valence-electron chi connectivity index (χ0n) is 10.3. The van der Waals surface area contributed by atoms with E-state index in [0.717, 1.165) is 25.4 Å². The smallest absolute Gasteiger partial charge is 0.224 e. The number of rotatable bonds is 7. The average molecular weight is 237 g/mol. The third-order valence-corrected chi connectivity index (χ3v) is 2.22. The van der Waals surface area contributed by atoms with Gasteiger partial charge in [-0.3, -0.25) is 4.79 Å². The van der Waals surface area contributed by atoms with Crippen molar-refractivity contribution < 1.29 is 4.79 Å². The summed E-state index contributed by atoms with van der Waals surface area (Å²) in [5.41, 5.74) is 0. The van der Waals surface area contributed by atoms with Gasteiger partial charge in [-0.1, -0.05) is 20.8 Å². The van der Waals surface area contributed by atoms with E-state index < -0.39 is 0 Å². The Hall–Kier alpha value is -0.280. The van der Waals surface area contributed by atoms with Crippen molar-refractivity contribution in [1.29, 1.82) is 0 Å². The van der Waals surface area contributed by atoms with Crippen molar-refractivity contribution >= 4 is 18.3 Å². The van der Waals surface area contributed by atoms with E-state index in [1.165, 1.54) is 6.42 Å². The van der Waals surface area contributed by atoms with E-state index in [0.29, 0.717) is 0 Å². The van der Waals surface area contributed by atoms with Crippen molar-refractivity contribution in [3.8, 4) is 0 Å². The molecule has 0 radical (unpaired) electrons. The molecule has 0 aliphatic heterocycles. The molecule has 92 valence electrons. The van der Waals surface area contributed by atoms with Crippen LogP contribution in [0.4, 0.5) is 0 Å². The average Bonchev–Trinajstić information content (AvgIpc) is 2.12. The van der Waals surface area contributed by atoms with Crippen molar-refractivity contribution in [2.45, 2.75) is 33.6 Å². The number of hydrogen-bond donors (Lipinski definition) is 2. The lowest BCUT2D eigenvalue weighted by Gasteiger charge is -2.11. The minimum atomic E-state index is 0. The summed E-state index contributed by atoms with van der Waals surface area (Å²) in [6.45, 7) is 7.90. The molecule has 0 bridgehead atoms. The number of nitrogens with one attached hydrogen (secondary N) is 2. The highest BCUT2D eigenvalue weighted by Gasteiger charge is 2.10. The zero-order valence-corrected chi connectivity index (χ0v) is 11.1. The molecule has 0 rings (SSSR count). The molecule has 0 heterocycles. The van der Waals surface area contributed by atoms with Gasteiger partial charge in [-0.15, -0.1) is 12.4 Å². The summed E-state index contributed by atoms with van der Waals surface area (Å²) in [4.78, 5) is 11.4. The predicted octanol–water partition coefficient (Wildman–Crippen LogP) is 1.82. The highest BCUT2D eigenvalue weighted by Crippen LogP contribution is 2.02. The molecule has 0 aromatic rings. The first-order valence-electron chi connectivity index (χ1n) is 5.50. The van der Waals surface area contributed by atoms with Gasteiger partial charge in [0.1, 0.15) is 0 Å². The monoisotopic (exact) mass is 236 g/mol. The Bertz CT molecular complexity index is 163. The van der Waals surface area contributed by atoms with Crippen molar-refractivity contribution in [2.75, 3.05) is 20.1 Å². The maximum absolute atomic E-state index is 11.4. The Morgan fingerprint density at radius 3 is 2.33 bits per heavy atom. The van der Waals surface area contributed by atoms with E-state index >= 15 is 0 Å². The summed E-state index contributed by atoms with van der Waals surface area (Å²) in [5, 5.41) is 5.94. The second kappa shape index (κ2) is 10.2. The van der Waals surface area contributed by atoms with E-state index in [1.807, 2.05) is 14.0 Å². The lowest BCUT2D eigenvalue weighted by atomic mass is 10.1. The summed E-state index contributed by atoms with van der Waals surface area (Å²) in [6.07, 6.45) is 2.26. The summed E-state index contributed by atoms with van der Waals surface area (Å²) in [7, 11) is 1.86. The predicted molar refractivity (Wildman–Crippen MR) is 67.4 cm³/mol. The molecule has 3 nitrogen and oxygen atoms in total. The SMILES string of the molecule is CNCC(C)C(=O)NCCCC(C)C.Cl. The van der Waals surface area contributed by atoms with Crippen LogP contribution in [0, 0.1) is 11.8 Å². The largest absolute Gasteiger partial charge is 0.356 e. The molecule has 0 spiro atoms. The maximum atomic E-state index is 11.4. The summed E-state index contributed by atoms with van der Waals surface area (Å²) in [5.74, 6) is 0.948. The fourth-order valence-electron chi connectivity index (χ4n) is 1.30. The molecule has 0 aliphatic rings. The molecule has 2 N–H and O–H groups in total. The lowest BCUT2D eigenvalue weighted by Crippen LogP contribution is -2.34. The van der Waals surface area contributed by atoms with Crippen LogP contribution < -0.4 is 10.6 Å². The molecule has 0 saturated carbocycles. The fraction of sp³-hybridized carbons (Fsp3) is 0.909. The van der Waals surface area contributed by atoms with Crippen LogP contribution in [-0.2, 0) is 4.79 Å². The normalized spacial score (nSPS) is 12.1. The molecule has 0 aromatic heterocycles. The Morgan fingerprint density at radius 2 is 1.87 bits per heavy atom. The van der Waals surface area contributed by atoms with Crippen LogP contribution in [0.15, 0.2) is 0 Å². The van der Waals surface area contributed by atoms with Crippen molar-refractivity contribution in [2.24, 2.45) is 11.8 Å². The summed E-state index contributed by atoms with van der Waals surface area (Å²) < 4.78 is 0. The number of hydrogen-bond acceptors (Lipinski definition) is 2. The fourth-order valence-corrected chi connectivity index (χ4v) is 1.30. The third kappa shape index (κ3) is 10.0. The molecular formula is C11H25ClN2O. The van der Waals surface area contributed by atoms with Gasteiger partial charge in [0.15, 0.2) is 0 Å². The first-order chi connectivity index (χ1) is 6.57. The van der Waals surface area contributed by atoms with Crippen LogP contribution in [-0.4, -0.2) is 26.0 Å². The quantitative estimate of drug-likeness (QED) is 0.662. The molecule has 0 saturated heterocycles. The Morgan fingerprint density at radius 1 is 1.27 bits per heavy atom. The molecular weight excluding hydrogens is 212 g/mol. The first kappa shape index (κ1) is 17.1. The molecule has 4 heteroatoms. The van der Waals surface area contributed by atoms with Crippen LogP contribution in [0.3, 0.4) is 0 Å². The van der Waals surface area contributed by atoms with Gasteiger partial charge < -0.3 is 10.6 Å². The van der Waals surface area contributed by atoms with Crippen LogP contribution in [0.5, 0.6) is 0 Å². The van der Waals surface area contributed by atoms with E-state index in [-0.39, 0.29) is 24.2 Å². The molecule has 1 amide bonds. The van der Waals surface area contributed by atoms with Gasteiger partial charge in [0, 0.05) is 19.0 Å². The van der Waals surface area contributed by atoms with Gasteiger partial charge in [0.2, 0.25) is 5.91 Å². The second-order valence-electron chi connectivity index (χ2n) is 4.29. The molecule has 0 fully saturated rings. The molecule has 0 aromatic carbocycles. The number of amides is 1. The van der Waals surface area contributed by atoms with Gasteiger partial charge >= 0.3 is 0 Å². The Balaban J connectivity index is 0. The van der Waals surface area contributed by atoms with E-state index in [9.17, 15) is 4.79 Å². The Kier molecular flexibility index (Phi) is 11.7. The highest BCUT2D eigenvalue weighted by atomic mass is 35.5. The van der Waals surface area contributed by atoms with Gasteiger partial charge in [-0.2, -0.15) is 0 Å². The lowest BCUT2D eigenvalue weighted by molar-refractivity contribution is -0.124. The zero-order chi connectivity index (χ0) is 11.0. The van der Waals surface area contributed by atoms with Gasteiger partial charge in [0.25, 0.3) is 0 Å². The maximum Gasteiger partial charge on any atom is 0.224 e. The van der Waals surface area contributed by atoms with Gasteiger partial charge in [0.05, 0.1) is 0 Å². The summed E-state index contributed by atoms with van der Waals surface area (Å²) in [6, 6.07) is 0. The molecule has 1 atom stereocenters.